The van der Waals surface area contributed by atoms with Gasteiger partial charge in [0.1, 0.15) is 0 Å². The molecule has 0 amide bonds. The lowest BCUT2D eigenvalue weighted by Crippen LogP contribution is -2.13. The van der Waals surface area contributed by atoms with Crippen molar-refractivity contribution >= 4 is 21.4 Å². The Balaban J connectivity index is 1.83. The van der Waals surface area contributed by atoms with Crippen molar-refractivity contribution in [2.24, 2.45) is 0 Å². The molecule has 0 saturated heterocycles. The second kappa shape index (κ2) is 7.39. The van der Waals surface area contributed by atoms with Crippen LogP contribution in [0.3, 0.4) is 0 Å². The number of benzene rings is 2. The van der Waals surface area contributed by atoms with Crippen LogP contribution < -0.4 is 4.72 Å². The fraction of sp³-hybridized carbons (Fsp3) is 0.222. The molecule has 9 nitrogen and oxygen atoms in total. The minimum absolute atomic E-state index is 0.127. The normalized spacial score (nSPS) is 11.6. The van der Waals surface area contributed by atoms with Gasteiger partial charge in [0.2, 0.25) is 0 Å². The first-order valence-electron chi connectivity index (χ1n) is 8.39. The average molecular weight is 402 g/mol. The van der Waals surface area contributed by atoms with E-state index < -0.39 is 14.9 Å². The van der Waals surface area contributed by atoms with Crippen LogP contribution >= 0.6 is 0 Å². The van der Waals surface area contributed by atoms with E-state index >= 15 is 0 Å². The van der Waals surface area contributed by atoms with E-state index in [1.165, 1.54) is 12.1 Å². The SMILES string of the molecule is Cc1ccc(S(=O)(=O)Nc2ccc(-c3nc(C(C)C)no3)cc2)cc1[N+](=O)[O-]. The highest BCUT2D eigenvalue weighted by Crippen LogP contribution is 2.26. The predicted molar refractivity (Wildman–Crippen MR) is 102 cm³/mol. The Hall–Kier alpha value is -3.27. The summed E-state index contributed by atoms with van der Waals surface area (Å²) in [6.45, 7) is 5.44. The second-order valence-electron chi connectivity index (χ2n) is 6.50. The molecule has 28 heavy (non-hydrogen) atoms. The number of hydrogen-bond donors (Lipinski definition) is 1. The summed E-state index contributed by atoms with van der Waals surface area (Å²) >= 11 is 0. The molecule has 0 aliphatic heterocycles. The molecule has 3 aromatic rings. The van der Waals surface area contributed by atoms with Crippen molar-refractivity contribution in [3.63, 3.8) is 0 Å². The summed E-state index contributed by atoms with van der Waals surface area (Å²) in [5, 5.41) is 14.9. The van der Waals surface area contributed by atoms with E-state index in [9.17, 15) is 18.5 Å². The van der Waals surface area contributed by atoms with E-state index in [2.05, 4.69) is 14.9 Å². The molecule has 0 fully saturated rings. The number of anilines is 1. The van der Waals surface area contributed by atoms with Crippen molar-refractivity contribution in [3.8, 4) is 11.5 Å². The van der Waals surface area contributed by atoms with Crippen LogP contribution in [-0.4, -0.2) is 23.5 Å². The molecule has 0 saturated carbocycles. The minimum Gasteiger partial charge on any atom is -0.334 e. The average Bonchev–Trinajstić information content (AvgIpc) is 3.12. The number of nitro benzene ring substituents is 1. The van der Waals surface area contributed by atoms with Gasteiger partial charge in [-0.25, -0.2) is 8.42 Å². The maximum Gasteiger partial charge on any atom is 0.273 e. The smallest absolute Gasteiger partial charge is 0.273 e. The lowest BCUT2D eigenvalue weighted by atomic mass is 10.2. The topological polar surface area (TPSA) is 128 Å². The molecular weight excluding hydrogens is 384 g/mol. The second-order valence-corrected chi connectivity index (χ2v) is 8.18. The molecule has 0 spiro atoms. The fourth-order valence-electron chi connectivity index (χ4n) is 2.43. The number of nitro groups is 1. The molecule has 10 heteroatoms. The molecule has 1 aromatic heterocycles. The molecular formula is C18H18N4O5S. The van der Waals surface area contributed by atoms with Gasteiger partial charge < -0.3 is 4.52 Å². The van der Waals surface area contributed by atoms with Gasteiger partial charge in [-0.05, 0) is 37.3 Å². The third-order valence-electron chi connectivity index (χ3n) is 4.03. The van der Waals surface area contributed by atoms with Crippen LogP contribution in [0, 0.1) is 17.0 Å². The Labute approximate surface area is 161 Å². The van der Waals surface area contributed by atoms with Crippen LogP contribution in [-0.2, 0) is 10.0 Å². The summed E-state index contributed by atoms with van der Waals surface area (Å²) in [5.74, 6) is 1.05. The number of aryl methyl sites for hydroxylation is 1. The first kappa shape index (κ1) is 19.5. The monoisotopic (exact) mass is 402 g/mol. The van der Waals surface area contributed by atoms with Crippen LogP contribution in [0.25, 0.3) is 11.5 Å². The Kier molecular flexibility index (Phi) is 5.14. The minimum atomic E-state index is -3.98. The van der Waals surface area contributed by atoms with Gasteiger partial charge in [0.15, 0.2) is 5.82 Å². The Bertz CT molecular complexity index is 1120. The predicted octanol–water partition coefficient (Wildman–Crippen LogP) is 3.88. The summed E-state index contributed by atoms with van der Waals surface area (Å²) in [6, 6.07) is 10.2. The maximum absolute atomic E-state index is 12.5. The lowest BCUT2D eigenvalue weighted by molar-refractivity contribution is -0.385. The van der Waals surface area contributed by atoms with E-state index in [0.717, 1.165) is 6.07 Å². The van der Waals surface area contributed by atoms with Crippen molar-refractivity contribution in [2.75, 3.05) is 4.72 Å². The molecule has 0 unspecified atom stereocenters. The fourth-order valence-corrected chi connectivity index (χ4v) is 3.51. The van der Waals surface area contributed by atoms with Gasteiger partial charge >= 0.3 is 0 Å². The number of aromatic nitrogens is 2. The summed E-state index contributed by atoms with van der Waals surface area (Å²) < 4.78 is 32.7. The van der Waals surface area contributed by atoms with E-state index in [-0.39, 0.29) is 16.5 Å². The molecule has 2 aromatic carbocycles. The van der Waals surface area contributed by atoms with E-state index in [4.69, 9.17) is 4.52 Å². The Morgan fingerprint density at radius 2 is 1.82 bits per heavy atom. The largest absolute Gasteiger partial charge is 0.334 e. The summed E-state index contributed by atoms with van der Waals surface area (Å²) in [5.41, 5.74) is 1.08. The van der Waals surface area contributed by atoms with E-state index in [1.54, 1.807) is 31.2 Å². The molecule has 3 rings (SSSR count). The maximum atomic E-state index is 12.5. The van der Waals surface area contributed by atoms with Crippen molar-refractivity contribution in [3.05, 3.63) is 64.0 Å². The van der Waals surface area contributed by atoms with Crippen LogP contribution in [0.1, 0.15) is 31.2 Å². The third-order valence-corrected chi connectivity index (χ3v) is 5.41. The number of sulfonamides is 1. The van der Waals surface area contributed by atoms with Crippen molar-refractivity contribution in [1.29, 1.82) is 0 Å². The van der Waals surface area contributed by atoms with Crippen LogP contribution in [0.2, 0.25) is 0 Å². The van der Waals surface area contributed by atoms with Crippen molar-refractivity contribution in [1.82, 2.24) is 10.1 Å². The third kappa shape index (κ3) is 4.01. The van der Waals surface area contributed by atoms with Crippen LogP contribution in [0.5, 0.6) is 0 Å². The summed E-state index contributed by atoms with van der Waals surface area (Å²) in [4.78, 5) is 14.5. The molecule has 0 bridgehead atoms. The molecule has 0 aliphatic rings. The van der Waals surface area contributed by atoms with Gasteiger partial charge in [0.25, 0.3) is 21.6 Å². The van der Waals surface area contributed by atoms with Crippen LogP contribution in [0.4, 0.5) is 11.4 Å². The molecule has 0 atom stereocenters. The first-order valence-corrected chi connectivity index (χ1v) is 9.87. The first-order chi connectivity index (χ1) is 13.2. The molecule has 1 heterocycles. The van der Waals surface area contributed by atoms with Crippen molar-refractivity contribution < 1.29 is 17.9 Å². The molecule has 0 radical (unpaired) electrons. The Morgan fingerprint density at radius 3 is 2.39 bits per heavy atom. The standard InChI is InChI=1S/C18H18N4O5S/c1-11(2)17-19-18(27-20-17)13-5-7-14(8-6-13)21-28(25,26)15-9-4-12(3)16(10-15)22(23)24/h4-11,21H,1-3H3. The van der Waals surface area contributed by atoms with Gasteiger partial charge in [-0.15, -0.1) is 0 Å². The van der Waals surface area contributed by atoms with Gasteiger partial charge in [-0.1, -0.05) is 25.1 Å². The zero-order valence-electron chi connectivity index (χ0n) is 15.4. The zero-order chi connectivity index (χ0) is 20.5. The summed E-state index contributed by atoms with van der Waals surface area (Å²) in [7, 11) is -3.98. The van der Waals surface area contributed by atoms with E-state index in [0.29, 0.717) is 28.5 Å². The number of nitrogens with one attached hydrogen (secondary N) is 1. The zero-order valence-corrected chi connectivity index (χ0v) is 16.2. The van der Waals surface area contributed by atoms with Gasteiger partial charge in [0.05, 0.1) is 9.82 Å². The molecule has 1 N–H and O–H groups in total. The van der Waals surface area contributed by atoms with Gasteiger partial charge in [-0.2, -0.15) is 4.98 Å². The highest BCUT2D eigenvalue weighted by Gasteiger charge is 2.20. The number of nitrogens with zero attached hydrogens (tertiary/aromatic N) is 3. The van der Waals surface area contributed by atoms with Crippen molar-refractivity contribution in [2.45, 2.75) is 31.6 Å². The highest BCUT2D eigenvalue weighted by molar-refractivity contribution is 7.92. The number of rotatable bonds is 6. The van der Waals surface area contributed by atoms with Gasteiger partial charge in [0, 0.05) is 28.8 Å². The molecule has 0 aliphatic carbocycles. The van der Waals surface area contributed by atoms with Crippen LogP contribution in [0.15, 0.2) is 51.9 Å². The summed E-state index contributed by atoms with van der Waals surface area (Å²) in [6.07, 6.45) is 0. The van der Waals surface area contributed by atoms with Gasteiger partial charge in [-0.3, -0.25) is 14.8 Å². The highest BCUT2D eigenvalue weighted by atomic mass is 32.2. The Morgan fingerprint density at radius 1 is 1.14 bits per heavy atom. The van der Waals surface area contributed by atoms with E-state index in [1.807, 2.05) is 13.8 Å². The lowest BCUT2D eigenvalue weighted by Gasteiger charge is -2.09. The quantitative estimate of drug-likeness (QED) is 0.489. The molecule has 146 valence electrons. The number of hydrogen-bond acceptors (Lipinski definition) is 7.